The molecule has 0 amide bonds. The molecule has 1 saturated heterocycles. The second-order valence-electron chi connectivity index (χ2n) is 5.45. The average Bonchev–Trinajstić information content (AvgIpc) is 2.61. The highest BCUT2D eigenvalue weighted by molar-refractivity contribution is 5.15. The molecular formula is C13H24N4. The molecule has 17 heavy (non-hydrogen) atoms. The van der Waals surface area contributed by atoms with Crippen molar-refractivity contribution in [3.05, 3.63) is 17.5 Å². The van der Waals surface area contributed by atoms with Gasteiger partial charge in [-0.3, -0.25) is 9.58 Å². The van der Waals surface area contributed by atoms with Gasteiger partial charge < -0.3 is 5.73 Å². The van der Waals surface area contributed by atoms with Crippen molar-refractivity contribution in [1.29, 1.82) is 0 Å². The van der Waals surface area contributed by atoms with Gasteiger partial charge in [0.15, 0.2) is 0 Å². The third-order valence-corrected chi connectivity index (χ3v) is 3.48. The first-order valence-electron chi connectivity index (χ1n) is 6.59. The quantitative estimate of drug-likeness (QED) is 0.869. The molecular weight excluding hydrogens is 212 g/mol. The second kappa shape index (κ2) is 5.19. The molecule has 1 aromatic heterocycles. The predicted molar refractivity (Wildman–Crippen MR) is 69.8 cm³/mol. The number of nitrogens with two attached hydrogens (primary N) is 1. The number of aryl methyl sites for hydroxylation is 1. The van der Waals surface area contributed by atoms with Gasteiger partial charge in [0.2, 0.25) is 0 Å². The highest BCUT2D eigenvalue weighted by atomic mass is 15.3. The Hall–Kier alpha value is -0.870. The number of nitrogens with zero attached hydrogens (tertiary/aromatic N) is 3. The summed E-state index contributed by atoms with van der Waals surface area (Å²) in [5.41, 5.74) is 8.50. The molecule has 4 nitrogen and oxygen atoms in total. The molecule has 2 rings (SSSR count). The Morgan fingerprint density at radius 2 is 2.29 bits per heavy atom. The van der Waals surface area contributed by atoms with E-state index in [0.717, 1.165) is 18.8 Å². The van der Waals surface area contributed by atoms with Crippen molar-refractivity contribution in [2.75, 3.05) is 13.1 Å². The largest absolute Gasteiger partial charge is 0.327 e. The summed E-state index contributed by atoms with van der Waals surface area (Å²) < 4.78 is 2.05. The van der Waals surface area contributed by atoms with E-state index in [0.29, 0.717) is 12.1 Å². The maximum Gasteiger partial charge on any atom is 0.0638 e. The van der Waals surface area contributed by atoms with Crippen LogP contribution >= 0.6 is 0 Å². The van der Waals surface area contributed by atoms with Crippen LogP contribution in [0.2, 0.25) is 0 Å². The van der Waals surface area contributed by atoms with Gasteiger partial charge in [0.05, 0.1) is 5.69 Å². The summed E-state index contributed by atoms with van der Waals surface area (Å²) in [6, 6.07) is 0.787. The van der Waals surface area contributed by atoms with E-state index in [1.807, 2.05) is 0 Å². The number of likely N-dealkylation sites (tertiary alicyclic amines) is 1. The van der Waals surface area contributed by atoms with E-state index >= 15 is 0 Å². The third-order valence-electron chi connectivity index (χ3n) is 3.48. The van der Waals surface area contributed by atoms with Gasteiger partial charge in [0.25, 0.3) is 0 Å². The SMILES string of the molecule is Cc1nn(C(C)C)cc1CN1CCCC(N)C1. The van der Waals surface area contributed by atoms with Crippen LogP contribution in [0.1, 0.15) is 44.0 Å². The van der Waals surface area contributed by atoms with Crippen molar-refractivity contribution < 1.29 is 0 Å². The van der Waals surface area contributed by atoms with Crippen molar-refractivity contribution in [2.45, 2.75) is 52.2 Å². The Labute approximate surface area is 104 Å². The van der Waals surface area contributed by atoms with E-state index in [1.165, 1.54) is 24.9 Å². The van der Waals surface area contributed by atoms with Gasteiger partial charge >= 0.3 is 0 Å². The summed E-state index contributed by atoms with van der Waals surface area (Å²) in [5, 5.41) is 4.55. The fourth-order valence-corrected chi connectivity index (χ4v) is 2.41. The van der Waals surface area contributed by atoms with Gasteiger partial charge in [-0.25, -0.2) is 0 Å². The van der Waals surface area contributed by atoms with Crippen LogP contribution in [0.5, 0.6) is 0 Å². The zero-order valence-electron chi connectivity index (χ0n) is 11.2. The Balaban J connectivity index is 2.02. The first kappa shape index (κ1) is 12.6. The second-order valence-corrected chi connectivity index (χ2v) is 5.45. The van der Waals surface area contributed by atoms with Crippen LogP contribution in [-0.4, -0.2) is 33.8 Å². The van der Waals surface area contributed by atoms with Crippen molar-refractivity contribution in [1.82, 2.24) is 14.7 Å². The lowest BCUT2D eigenvalue weighted by atomic mass is 10.1. The Bertz CT molecular complexity index is 369. The van der Waals surface area contributed by atoms with Gasteiger partial charge in [-0.2, -0.15) is 5.10 Å². The fraction of sp³-hybridized carbons (Fsp3) is 0.769. The fourth-order valence-electron chi connectivity index (χ4n) is 2.41. The Kier molecular flexibility index (Phi) is 3.84. The molecule has 0 bridgehead atoms. The van der Waals surface area contributed by atoms with Crippen molar-refractivity contribution in [2.24, 2.45) is 5.73 Å². The molecule has 4 heteroatoms. The smallest absolute Gasteiger partial charge is 0.0638 e. The molecule has 0 saturated carbocycles. The van der Waals surface area contributed by atoms with Crippen LogP contribution in [0.25, 0.3) is 0 Å². The summed E-state index contributed by atoms with van der Waals surface area (Å²) in [6.07, 6.45) is 4.57. The molecule has 2 heterocycles. The summed E-state index contributed by atoms with van der Waals surface area (Å²) >= 11 is 0. The molecule has 1 aromatic rings. The van der Waals surface area contributed by atoms with E-state index in [2.05, 4.69) is 41.6 Å². The standard InChI is InChI=1S/C13H24N4/c1-10(2)17-8-12(11(3)15-17)7-16-6-4-5-13(14)9-16/h8,10,13H,4-7,9,14H2,1-3H3. The maximum absolute atomic E-state index is 6.01. The van der Waals surface area contributed by atoms with Crippen LogP contribution < -0.4 is 5.73 Å². The van der Waals surface area contributed by atoms with Crippen molar-refractivity contribution in [3.63, 3.8) is 0 Å². The average molecular weight is 236 g/mol. The lowest BCUT2D eigenvalue weighted by molar-refractivity contribution is 0.201. The summed E-state index contributed by atoms with van der Waals surface area (Å²) in [5.74, 6) is 0. The van der Waals surface area contributed by atoms with Crippen molar-refractivity contribution in [3.8, 4) is 0 Å². The summed E-state index contributed by atoms with van der Waals surface area (Å²) in [6.45, 7) is 9.59. The van der Waals surface area contributed by atoms with Crippen LogP contribution in [-0.2, 0) is 6.54 Å². The van der Waals surface area contributed by atoms with Crippen LogP contribution in [0, 0.1) is 6.92 Å². The van der Waals surface area contributed by atoms with E-state index in [9.17, 15) is 0 Å². The summed E-state index contributed by atoms with van der Waals surface area (Å²) in [4.78, 5) is 2.45. The molecule has 1 unspecified atom stereocenters. The first-order valence-corrected chi connectivity index (χ1v) is 6.59. The van der Waals surface area contributed by atoms with Crippen LogP contribution in [0.3, 0.4) is 0 Å². The lowest BCUT2D eigenvalue weighted by Crippen LogP contribution is -2.42. The van der Waals surface area contributed by atoms with Gasteiger partial charge in [-0.15, -0.1) is 0 Å². The van der Waals surface area contributed by atoms with Gasteiger partial charge in [0.1, 0.15) is 0 Å². The minimum atomic E-state index is 0.351. The zero-order valence-corrected chi connectivity index (χ0v) is 11.2. The zero-order chi connectivity index (χ0) is 12.4. The molecule has 0 spiro atoms. The molecule has 1 aliphatic rings. The Morgan fingerprint density at radius 1 is 1.53 bits per heavy atom. The molecule has 96 valence electrons. The molecule has 1 fully saturated rings. The predicted octanol–water partition coefficient (Wildman–Crippen LogP) is 1.70. The van der Waals surface area contributed by atoms with Gasteiger partial charge in [-0.1, -0.05) is 0 Å². The molecule has 2 N–H and O–H groups in total. The van der Waals surface area contributed by atoms with Crippen LogP contribution in [0.15, 0.2) is 6.20 Å². The highest BCUT2D eigenvalue weighted by Gasteiger charge is 2.18. The van der Waals surface area contributed by atoms with E-state index in [1.54, 1.807) is 0 Å². The molecule has 0 aromatic carbocycles. The van der Waals surface area contributed by atoms with Gasteiger partial charge in [-0.05, 0) is 40.2 Å². The molecule has 0 aliphatic carbocycles. The number of hydrogen-bond donors (Lipinski definition) is 1. The minimum Gasteiger partial charge on any atom is -0.327 e. The Morgan fingerprint density at radius 3 is 2.88 bits per heavy atom. The number of hydrogen-bond acceptors (Lipinski definition) is 3. The minimum absolute atomic E-state index is 0.351. The van der Waals surface area contributed by atoms with E-state index < -0.39 is 0 Å². The third kappa shape index (κ3) is 3.07. The number of aromatic nitrogens is 2. The van der Waals surface area contributed by atoms with E-state index in [4.69, 9.17) is 5.73 Å². The molecule has 1 aliphatic heterocycles. The topological polar surface area (TPSA) is 47.1 Å². The normalized spacial score (nSPS) is 22.3. The maximum atomic E-state index is 6.01. The molecule has 0 radical (unpaired) electrons. The van der Waals surface area contributed by atoms with Gasteiger partial charge in [0, 0.05) is 36.9 Å². The number of rotatable bonds is 3. The highest BCUT2D eigenvalue weighted by Crippen LogP contribution is 2.16. The lowest BCUT2D eigenvalue weighted by Gasteiger charge is -2.30. The number of piperidine rings is 1. The van der Waals surface area contributed by atoms with Crippen LogP contribution in [0.4, 0.5) is 0 Å². The van der Waals surface area contributed by atoms with Crippen molar-refractivity contribution >= 4 is 0 Å². The first-order chi connectivity index (χ1) is 8.06. The molecule has 1 atom stereocenters. The monoisotopic (exact) mass is 236 g/mol. The van der Waals surface area contributed by atoms with E-state index in [-0.39, 0.29) is 0 Å². The summed E-state index contributed by atoms with van der Waals surface area (Å²) in [7, 11) is 0.